The predicted molar refractivity (Wildman–Crippen MR) is 123 cm³/mol. The van der Waals surface area contributed by atoms with Gasteiger partial charge in [0, 0.05) is 11.7 Å². The summed E-state index contributed by atoms with van der Waals surface area (Å²) in [4.78, 5) is 24.9. The van der Waals surface area contributed by atoms with Crippen molar-refractivity contribution in [2.45, 2.75) is 19.4 Å². The van der Waals surface area contributed by atoms with Gasteiger partial charge in [-0.3, -0.25) is 9.20 Å². The first-order valence-corrected chi connectivity index (χ1v) is 9.90. The molecular formula is C23H20FN7O. The Morgan fingerprint density at radius 2 is 1.94 bits per heavy atom. The van der Waals surface area contributed by atoms with E-state index < -0.39 is 11.9 Å². The molecule has 0 saturated heterocycles. The van der Waals surface area contributed by atoms with Gasteiger partial charge in [0.1, 0.15) is 17.5 Å². The second kappa shape index (κ2) is 8.35. The summed E-state index contributed by atoms with van der Waals surface area (Å²) in [6, 6.07) is 13.4. The molecular weight excluding hydrogens is 409 g/mol. The molecule has 32 heavy (non-hydrogen) atoms. The van der Waals surface area contributed by atoms with Crippen molar-refractivity contribution in [1.29, 1.82) is 0 Å². The highest BCUT2D eigenvalue weighted by Crippen LogP contribution is 2.35. The van der Waals surface area contributed by atoms with Crippen molar-refractivity contribution in [3.63, 3.8) is 0 Å². The van der Waals surface area contributed by atoms with Crippen LogP contribution in [0.1, 0.15) is 24.9 Å². The van der Waals surface area contributed by atoms with E-state index in [0.717, 1.165) is 0 Å². The zero-order valence-electron chi connectivity index (χ0n) is 17.2. The molecule has 1 aromatic carbocycles. The Hall–Kier alpha value is -4.45. The van der Waals surface area contributed by atoms with E-state index in [2.05, 4.69) is 20.1 Å². The van der Waals surface area contributed by atoms with Gasteiger partial charge in [-0.25, -0.2) is 19.2 Å². The zero-order chi connectivity index (χ0) is 22.8. The third kappa shape index (κ3) is 3.70. The molecule has 0 radical (unpaired) electrons. The first-order valence-electron chi connectivity index (χ1n) is 9.90. The number of benzene rings is 1. The molecule has 8 nitrogen and oxygen atoms in total. The van der Waals surface area contributed by atoms with Crippen LogP contribution in [-0.4, -0.2) is 14.4 Å². The van der Waals surface area contributed by atoms with Crippen LogP contribution in [0, 0.1) is 12.4 Å². The number of aromatic nitrogens is 3. The lowest BCUT2D eigenvalue weighted by Gasteiger charge is -2.23. The number of anilines is 3. The quantitative estimate of drug-likeness (QED) is 0.410. The van der Waals surface area contributed by atoms with E-state index in [1.165, 1.54) is 16.7 Å². The molecule has 3 heterocycles. The van der Waals surface area contributed by atoms with Gasteiger partial charge in [-0.2, -0.15) is 0 Å². The molecule has 160 valence electrons. The molecule has 0 bridgehead atoms. The molecule has 5 N–H and O–H groups in total. The van der Waals surface area contributed by atoms with E-state index >= 15 is 0 Å². The smallest absolute Gasteiger partial charge is 0.268 e. The summed E-state index contributed by atoms with van der Waals surface area (Å²) in [7, 11) is 0. The Labute approximate surface area is 183 Å². The molecule has 0 fully saturated rings. The largest absolute Gasteiger partial charge is 0.392 e. The van der Waals surface area contributed by atoms with E-state index in [9.17, 15) is 9.18 Å². The van der Waals surface area contributed by atoms with Gasteiger partial charge in [-0.1, -0.05) is 37.3 Å². The highest BCUT2D eigenvalue weighted by Gasteiger charge is 2.22. The second-order valence-electron chi connectivity index (χ2n) is 7.17. The molecule has 9 heteroatoms. The van der Waals surface area contributed by atoms with Crippen LogP contribution in [0.3, 0.4) is 0 Å². The minimum atomic E-state index is -0.509. The van der Waals surface area contributed by atoms with Crippen LogP contribution in [0.4, 0.5) is 27.7 Å². The highest BCUT2D eigenvalue weighted by atomic mass is 19.1. The maximum Gasteiger partial charge on any atom is 0.268 e. The molecule has 0 unspecified atom stereocenters. The van der Waals surface area contributed by atoms with Crippen LogP contribution >= 0.6 is 0 Å². The van der Waals surface area contributed by atoms with E-state index in [1.54, 1.807) is 6.07 Å². The van der Waals surface area contributed by atoms with E-state index in [1.807, 2.05) is 43.3 Å². The molecule has 0 amide bonds. The Morgan fingerprint density at radius 3 is 2.62 bits per heavy atom. The van der Waals surface area contributed by atoms with Gasteiger partial charge >= 0.3 is 0 Å². The Bertz CT molecular complexity index is 1410. The van der Waals surface area contributed by atoms with Gasteiger partial charge in [0.25, 0.3) is 11.2 Å². The number of fused-ring (bicyclic) bond motifs is 1. The maximum absolute atomic E-state index is 13.9. The number of hydrogen-bond donors (Lipinski definition) is 3. The number of pyridine rings is 2. The van der Waals surface area contributed by atoms with Crippen LogP contribution in [0.5, 0.6) is 0 Å². The van der Waals surface area contributed by atoms with Gasteiger partial charge in [-0.15, -0.1) is 0 Å². The molecule has 0 saturated carbocycles. The lowest BCUT2D eigenvalue weighted by atomic mass is 9.94. The fourth-order valence-corrected chi connectivity index (χ4v) is 3.69. The van der Waals surface area contributed by atoms with E-state index in [-0.39, 0.29) is 28.8 Å². The maximum atomic E-state index is 13.9. The first-order chi connectivity index (χ1) is 15.4. The molecule has 4 aromatic rings. The lowest BCUT2D eigenvalue weighted by Crippen LogP contribution is -2.22. The fourth-order valence-electron chi connectivity index (χ4n) is 3.69. The van der Waals surface area contributed by atoms with Crippen LogP contribution in [0.2, 0.25) is 0 Å². The molecule has 1 atom stereocenters. The van der Waals surface area contributed by atoms with E-state index in [0.29, 0.717) is 28.6 Å². The summed E-state index contributed by atoms with van der Waals surface area (Å²) in [5.41, 5.74) is 13.6. The van der Waals surface area contributed by atoms with Crippen molar-refractivity contribution in [3.8, 4) is 11.1 Å². The average Bonchev–Trinajstić information content (AvgIpc) is 2.78. The minimum Gasteiger partial charge on any atom is -0.392 e. The summed E-state index contributed by atoms with van der Waals surface area (Å²) in [5.74, 6) is -0.410. The summed E-state index contributed by atoms with van der Waals surface area (Å²) in [5, 5.41) is 3.21. The minimum absolute atomic E-state index is 0.0257. The summed E-state index contributed by atoms with van der Waals surface area (Å²) in [6.07, 6.45) is 1.73. The summed E-state index contributed by atoms with van der Waals surface area (Å²) < 4.78 is 15.2. The molecule has 0 aliphatic rings. The average molecular weight is 429 g/mol. The van der Waals surface area contributed by atoms with Gasteiger partial charge in [0.2, 0.25) is 5.95 Å². The monoisotopic (exact) mass is 429 g/mol. The van der Waals surface area contributed by atoms with Gasteiger partial charge in [0.15, 0.2) is 0 Å². The van der Waals surface area contributed by atoms with Crippen molar-refractivity contribution in [2.24, 2.45) is 0 Å². The summed E-state index contributed by atoms with van der Waals surface area (Å²) >= 11 is 0. The molecule has 4 rings (SSSR count). The lowest BCUT2D eigenvalue weighted by molar-refractivity contribution is 0.618. The fraction of sp³-hybridized carbons (Fsp3) is 0.130. The molecule has 0 aliphatic heterocycles. The van der Waals surface area contributed by atoms with Crippen molar-refractivity contribution in [3.05, 3.63) is 87.9 Å². The normalized spacial score (nSPS) is 11.8. The van der Waals surface area contributed by atoms with Crippen LogP contribution in [-0.2, 0) is 0 Å². The number of rotatable bonds is 5. The number of nitrogens with zero attached hydrogens (tertiary/aromatic N) is 4. The van der Waals surface area contributed by atoms with Crippen LogP contribution in [0.25, 0.3) is 21.5 Å². The molecule has 0 spiro atoms. The number of hydrogen-bond acceptors (Lipinski definition) is 6. The van der Waals surface area contributed by atoms with Crippen molar-refractivity contribution >= 4 is 28.8 Å². The standard InChI is InChI=1S/C23H20FN7O/c1-3-17(28-21-19(27-2)20(25)29-23(26)30-21)16-11-15-10-9-14(24)12-31(15)22(32)18(16)13-7-5-4-6-8-13/h4-12,17H,3H2,1H3,(H5,25,26,28,29,30)/t17-/m0/s1. The van der Waals surface area contributed by atoms with Crippen molar-refractivity contribution in [1.82, 2.24) is 14.4 Å². The molecule has 3 aromatic heterocycles. The Balaban J connectivity index is 1.96. The van der Waals surface area contributed by atoms with Crippen LogP contribution in [0.15, 0.2) is 59.5 Å². The molecule has 0 aliphatic carbocycles. The van der Waals surface area contributed by atoms with Gasteiger partial charge in [0.05, 0.1) is 18.2 Å². The number of halogens is 1. The second-order valence-corrected chi connectivity index (χ2v) is 7.17. The topological polar surface area (TPSA) is 116 Å². The predicted octanol–water partition coefficient (Wildman–Crippen LogP) is 4.17. The van der Waals surface area contributed by atoms with Crippen molar-refractivity contribution in [2.75, 3.05) is 16.8 Å². The number of nitrogens with one attached hydrogen (secondary N) is 1. The third-order valence-corrected chi connectivity index (χ3v) is 5.17. The summed E-state index contributed by atoms with van der Waals surface area (Å²) in [6.45, 7) is 9.37. The first kappa shape index (κ1) is 20.8. The van der Waals surface area contributed by atoms with Gasteiger partial charge in [-0.05, 0) is 35.7 Å². The van der Waals surface area contributed by atoms with Crippen LogP contribution < -0.4 is 22.3 Å². The van der Waals surface area contributed by atoms with Crippen molar-refractivity contribution < 1.29 is 4.39 Å². The zero-order valence-corrected chi connectivity index (χ0v) is 17.2. The number of nitrogens with two attached hydrogens (primary N) is 2. The highest BCUT2D eigenvalue weighted by molar-refractivity contribution is 5.79. The third-order valence-electron chi connectivity index (χ3n) is 5.17. The SMILES string of the molecule is [C-]#[N+]c1c(N)nc(N)nc1N[C@@H](CC)c1cc2ccc(F)cn2c(=O)c1-c1ccccc1. The Kier molecular flexibility index (Phi) is 5.43. The number of nitrogen functional groups attached to an aromatic ring is 2. The van der Waals surface area contributed by atoms with E-state index in [4.69, 9.17) is 18.0 Å². The van der Waals surface area contributed by atoms with Gasteiger partial charge < -0.3 is 16.8 Å². The Morgan fingerprint density at radius 1 is 1.19 bits per heavy atom.